The zero-order chi connectivity index (χ0) is 26.5. The number of hydrogen-bond acceptors (Lipinski definition) is 8. The van der Waals surface area contributed by atoms with Gasteiger partial charge in [0, 0.05) is 34.2 Å². The highest BCUT2D eigenvalue weighted by Gasteiger charge is 2.26. The van der Waals surface area contributed by atoms with E-state index in [4.69, 9.17) is 21.5 Å². The van der Waals surface area contributed by atoms with Gasteiger partial charge in [0.05, 0.1) is 28.8 Å². The van der Waals surface area contributed by atoms with Gasteiger partial charge in [0.25, 0.3) is 0 Å². The molecular formula is C30H25N9. The molecule has 0 bridgehead atoms. The van der Waals surface area contributed by atoms with Gasteiger partial charge in [-0.3, -0.25) is 0 Å². The second kappa shape index (κ2) is 8.98. The van der Waals surface area contributed by atoms with E-state index in [9.17, 15) is 0 Å². The lowest BCUT2D eigenvalue weighted by molar-refractivity contribution is 0.694. The molecule has 9 nitrogen and oxygen atoms in total. The van der Waals surface area contributed by atoms with Gasteiger partial charge in [0.1, 0.15) is 17.8 Å². The molecule has 0 fully saturated rings. The van der Waals surface area contributed by atoms with Crippen LogP contribution in [0.15, 0.2) is 73.2 Å². The number of nitrogen functional groups attached to an aromatic ring is 2. The molecule has 1 atom stereocenters. The number of fused-ring (bicyclic) bond motifs is 3. The molecule has 4 aromatic heterocycles. The fourth-order valence-corrected chi connectivity index (χ4v) is 5.42. The lowest BCUT2D eigenvalue weighted by Crippen LogP contribution is -2.10. The van der Waals surface area contributed by atoms with Crippen LogP contribution in [-0.4, -0.2) is 34.7 Å². The number of aromatic nitrogens is 7. The van der Waals surface area contributed by atoms with Crippen LogP contribution in [0.3, 0.4) is 0 Å². The molecule has 9 heteroatoms. The number of benzene rings is 2. The van der Waals surface area contributed by atoms with E-state index in [-0.39, 0.29) is 11.9 Å². The van der Waals surface area contributed by atoms with Crippen LogP contribution in [0.25, 0.3) is 44.8 Å². The maximum Gasteiger partial charge on any atom is 0.220 e. The molecule has 0 spiro atoms. The fourth-order valence-electron chi connectivity index (χ4n) is 5.42. The number of pyridine rings is 1. The van der Waals surface area contributed by atoms with Crippen molar-refractivity contribution >= 4 is 45.4 Å². The summed E-state index contributed by atoms with van der Waals surface area (Å²) in [6, 6.07) is 20.5. The van der Waals surface area contributed by atoms with Crippen molar-refractivity contribution in [1.82, 2.24) is 34.7 Å². The molecule has 4 heterocycles. The van der Waals surface area contributed by atoms with Gasteiger partial charge < -0.3 is 11.5 Å². The number of para-hydroxylation sites is 1. The molecule has 0 aliphatic heterocycles. The third-order valence-corrected chi connectivity index (χ3v) is 7.22. The number of nitrogens with two attached hydrogens (primary N) is 2. The van der Waals surface area contributed by atoms with E-state index in [1.807, 2.05) is 41.1 Å². The van der Waals surface area contributed by atoms with Gasteiger partial charge in [0.2, 0.25) is 5.95 Å². The summed E-state index contributed by atoms with van der Waals surface area (Å²) >= 11 is 0. The highest BCUT2D eigenvalue weighted by molar-refractivity contribution is 5.99. The Morgan fingerprint density at radius 2 is 1.74 bits per heavy atom. The molecule has 190 valence electrons. The summed E-state index contributed by atoms with van der Waals surface area (Å²) in [6.07, 6.45) is 6.05. The molecule has 4 N–H and O–H groups in total. The van der Waals surface area contributed by atoms with Gasteiger partial charge in [-0.05, 0) is 30.2 Å². The molecule has 2 aromatic carbocycles. The van der Waals surface area contributed by atoms with Gasteiger partial charge >= 0.3 is 0 Å². The van der Waals surface area contributed by atoms with Gasteiger partial charge in [-0.25, -0.2) is 29.6 Å². The normalized spacial score (nSPS) is 14.9. The maximum absolute atomic E-state index is 6.43. The SMILES string of the molecule is CC1CC(c2nn(Cc3cc4ccccc4nc3-c3ccccc3)c3ncnc(N)c23)=Cc2cnc(N)nc21. The predicted molar refractivity (Wildman–Crippen MR) is 153 cm³/mol. The molecule has 0 saturated heterocycles. The van der Waals surface area contributed by atoms with E-state index in [1.165, 1.54) is 6.33 Å². The maximum atomic E-state index is 6.43. The highest BCUT2D eigenvalue weighted by atomic mass is 15.3. The predicted octanol–water partition coefficient (Wildman–Crippen LogP) is 5.09. The number of rotatable bonds is 4. The largest absolute Gasteiger partial charge is 0.383 e. The second-order valence-electron chi connectivity index (χ2n) is 9.86. The van der Waals surface area contributed by atoms with Crippen LogP contribution >= 0.6 is 0 Å². The van der Waals surface area contributed by atoms with E-state index in [2.05, 4.69) is 57.2 Å². The molecule has 6 aromatic rings. The Morgan fingerprint density at radius 1 is 0.923 bits per heavy atom. The molecule has 1 unspecified atom stereocenters. The zero-order valence-electron chi connectivity index (χ0n) is 21.3. The topological polar surface area (TPSA) is 134 Å². The summed E-state index contributed by atoms with van der Waals surface area (Å²) in [5.41, 5.74) is 20.6. The van der Waals surface area contributed by atoms with Gasteiger partial charge in [-0.1, -0.05) is 55.5 Å². The Morgan fingerprint density at radius 3 is 2.62 bits per heavy atom. The fraction of sp³-hybridized carbons (Fsp3) is 0.133. The lowest BCUT2D eigenvalue weighted by atomic mass is 9.86. The first kappa shape index (κ1) is 23.0. The van der Waals surface area contributed by atoms with Gasteiger partial charge in [-0.2, -0.15) is 5.10 Å². The first-order valence-corrected chi connectivity index (χ1v) is 12.8. The van der Waals surface area contributed by atoms with Crippen LogP contribution < -0.4 is 11.5 Å². The Hall–Kier alpha value is -5.18. The minimum atomic E-state index is 0.144. The van der Waals surface area contributed by atoms with Gasteiger partial charge in [-0.15, -0.1) is 0 Å². The summed E-state index contributed by atoms with van der Waals surface area (Å²) in [5.74, 6) is 0.822. The van der Waals surface area contributed by atoms with E-state index in [0.717, 1.165) is 62.1 Å². The van der Waals surface area contributed by atoms with Crippen molar-refractivity contribution in [2.75, 3.05) is 11.5 Å². The van der Waals surface area contributed by atoms with Crippen LogP contribution in [0.5, 0.6) is 0 Å². The van der Waals surface area contributed by atoms with Crippen molar-refractivity contribution in [2.45, 2.75) is 25.8 Å². The number of allylic oxidation sites excluding steroid dienone is 1. The van der Waals surface area contributed by atoms with Crippen molar-refractivity contribution in [1.29, 1.82) is 0 Å². The minimum Gasteiger partial charge on any atom is -0.383 e. The van der Waals surface area contributed by atoms with Crippen LogP contribution in [0.4, 0.5) is 11.8 Å². The summed E-state index contributed by atoms with van der Waals surface area (Å²) in [6.45, 7) is 2.60. The van der Waals surface area contributed by atoms with Crippen molar-refractivity contribution in [2.24, 2.45) is 0 Å². The number of hydrogen-bond donors (Lipinski definition) is 2. The smallest absolute Gasteiger partial charge is 0.220 e. The van der Waals surface area contributed by atoms with Crippen LogP contribution in [0, 0.1) is 0 Å². The lowest BCUT2D eigenvalue weighted by Gasteiger charge is -2.21. The van der Waals surface area contributed by atoms with Crippen molar-refractivity contribution < 1.29 is 0 Å². The molecule has 1 aliphatic rings. The van der Waals surface area contributed by atoms with Crippen LogP contribution in [-0.2, 0) is 6.54 Å². The summed E-state index contributed by atoms with van der Waals surface area (Å²) in [4.78, 5) is 22.6. The van der Waals surface area contributed by atoms with E-state index < -0.39 is 0 Å². The molecule has 0 saturated carbocycles. The second-order valence-corrected chi connectivity index (χ2v) is 9.86. The van der Waals surface area contributed by atoms with E-state index in [1.54, 1.807) is 6.20 Å². The Bertz CT molecular complexity index is 1910. The number of anilines is 2. The summed E-state index contributed by atoms with van der Waals surface area (Å²) in [5, 5.41) is 6.89. The molecule has 0 radical (unpaired) electrons. The van der Waals surface area contributed by atoms with Crippen LogP contribution in [0.1, 0.15) is 41.8 Å². The van der Waals surface area contributed by atoms with Gasteiger partial charge in [0.15, 0.2) is 5.65 Å². The average molecular weight is 512 g/mol. The Labute approximate surface area is 224 Å². The van der Waals surface area contributed by atoms with Crippen LogP contribution in [0.2, 0.25) is 0 Å². The first-order valence-electron chi connectivity index (χ1n) is 12.8. The third kappa shape index (κ3) is 3.95. The standard InChI is InChI=1S/C30H25N9/c1-17-11-20(13-21-14-33-30(32)37-25(17)21)27-24-28(31)34-16-35-29(24)39(38-27)15-22-12-19-9-5-6-10-23(19)36-26(22)18-7-3-2-4-8-18/h2-10,12-14,16-17H,11,15H2,1H3,(H2,31,34,35)(H2,32,33,37). The van der Waals surface area contributed by atoms with Crippen molar-refractivity contribution in [3.8, 4) is 11.3 Å². The summed E-state index contributed by atoms with van der Waals surface area (Å²) in [7, 11) is 0. The monoisotopic (exact) mass is 511 g/mol. The third-order valence-electron chi connectivity index (χ3n) is 7.22. The zero-order valence-corrected chi connectivity index (χ0v) is 21.3. The van der Waals surface area contributed by atoms with Crippen molar-refractivity contribution in [3.63, 3.8) is 0 Å². The molecular weight excluding hydrogens is 486 g/mol. The van der Waals surface area contributed by atoms with E-state index in [0.29, 0.717) is 18.0 Å². The first-order chi connectivity index (χ1) is 19.0. The minimum absolute atomic E-state index is 0.144. The number of nitrogens with zero attached hydrogens (tertiary/aromatic N) is 7. The Balaban J connectivity index is 1.40. The van der Waals surface area contributed by atoms with Crippen molar-refractivity contribution in [3.05, 3.63) is 95.7 Å². The quantitative estimate of drug-likeness (QED) is 0.334. The molecule has 7 rings (SSSR count). The molecule has 1 aliphatic carbocycles. The van der Waals surface area contributed by atoms with E-state index >= 15 is 0 Å². The average Bonchev–Trinajstić information content (AvgIpc) is 3.33. The summed E-state index contributed by atoms with van der Waals surface area (Å²) < 4.78 is 1.90. The molecule has 0 amide bonds. The molecule has 39 heavy (non-hydrogen) atoms. The Kier molecular flexibility index (Phi) is 5.29. The highest BCUT2D eigenvalue weighted by Crippen LogP contribution is 2.39.